The average molecular weight is 305 g/mol. The van der Waals surface area contributed by atoms with Gasteiger partial charge in [0.2, 0.25) is 0 Å². The van der Waals surface area contributed by atoms with Crippen molar-refractivity contribution in [2.45, 2.75) is 40.0 Å². The number of carbonyl (C=O) groups excluding carboxylic acids is 1. The van der Waals surface area contributed by atoms with E-state index in [1.807, 2.05) is 0 Å². The molecule has 0 saturated heterocycles. The number of carbonyl (C=O) groups is 1. The maximum absolute atomic E-state index is 11.8. The summed E-state index contributed by atoms with van der Waals surface area (Å²) in [4.78, 5) is 21.9. The minimum Gasteiger partial charge on any atom is -0.462 e. The fourth-order valence-electron chi connectivity index (χ4n) is 1.96. The van der Waals surface area contributed by atoms with E-state index in [1.165, 1.54) is 29.8 Å². The van der Waals surface area contributed by atoms with E-state index in [0.717, 1.165) is 19.3 Å². The van der Waals surface area contributed by atoms with Crippen LogP contribution in [0.5, 0.6) is 0 Å². The smallest absolute Gasteiger partial charge is 0.338 e. The Labute approximate surface area is 131 Å². The topological polar surface area (TPSA) is 69.4 Å². The van der Waals surface area contributed by atoms with Gasteiger partial charge in [-0.15, -0.1) is 0 Å². The zero-order valence-corrected chi connectivity index (χ0v) is 13.4. The quantitative estimate of drug-likeness (QED) is 0.306. The van der Waals surface area contributed by atoms with Crippen LogP contribution in [-0.4, -0.2) is 17.5 Å². The summed E-state index contributed by atoms with van der Waals surface area (Å²) in [5.41, 5.74) is 1.61. The third kappa shape index (κ3) is 6.52. The van der Waals surface area contributed by atoms with E-state index in [-0.39, 0.29) is 5.69 Å². The largest absolute Gasteiger partial charge is 0.462 e. The molecular weight excluding hydrogens is 282 g/mol. The van der Waals surface area contributed by atoms with Crippen molar-refractivity contribution in [1.82, 2.24) is 0 Å². The predicted molar refractivity (Wildman–Crippen MR) is 85.8 cm³/mol. The molecule has 1 aromatic rings. The first kappa shape index (κ1) is 17.9. The number of nitrogens with zero attached hydrogens (tertiary/aromatic N) is 1. The molecular formula is C17H23NO4. The highest BCUT2D eigenvalue weighted by atomic mass is 16.6. The Morgan fingerprint density at radius 2 is 1.91 bits per heavy atom. The molecule has 0 aromatic heterocycles. The summed E-state index contributed by atoms with van der Waals surface area (Å²) in [5, 5.41) is 10.5. The number of hydrogen-bond acceptors (Lipinski definition) is 4. The van der Waals surface area contributed by atoms with Crippen molar-refractivity contribution in [1.29, 1.82) is 0 Å². The van der Waals surface area contributed by atoms with Crippen molar-refractivity contribution >= 4 is 11.7 Å². The van der Waals surface area contributed by atoms with Gasteiger partial charge in [-0.05, 0) is 51.2 Å². The number of allylic oxidation sites excluding steroid dienone is 2. The number of esters is 1. The molecule has 0 aliphatic heterocycles. The van der Waals surface area contributed by atoms with Crippen molar-refractivity contribution in [2.75, 3.05) is 6.61 Å². The molecule has 0 spiro atoms. The third-order valence-electron chi connectivity index (χ3n) is 3.37. The van der Waals surface area contributed by atoms with Crippen LogP contribution in [0.4, 0.5) is 5.69 Å². The minimum absolute atomic E-state index is 0.0376. The summed E-state index contributed by atoms with van der Waals surface area (Å²) in [5.74, 6) is 0.0478. The van der Waals surface area contributed by atoms with Crippen molar-refractivity contribution in [3.05, 3.63) is 51.6 Å². The molecule has 5 nitrogen and oxygen atoms in total. The average Bonchev–Trinajstić information content (AvgIpc) is 2.46. The van der Waals surface area contributed by atoms with Gasteiger partial charge >= 0.3 is 5.97 Å². The van der Waals surface area contributed by atoms with E-state index in [4.69, 9.17) is 4.74 Å². The number of benzene rings is 1. The van der Waals surface area contributed by atoms with Gasteiger partial charge in [0, 0.05) is 12.1 Å². The normalized spacial score (nSPS) is 11.6. The summed E-state index contributed by atoms with van der Waals surface area (Å²) < 4.78 is 5.20. The van der Waals surface area contributed by atoms with E-state index in [2.05, 4.69) is 26.8 Å². The summed E-state index contributed by atoms with van der Waals surface area (Å²) in [6.07, 6.45) is 5.13. The first-order chi connectivity index (χ1) is 10.4. The van der Waals surface area contributed by atoms with Crippen LogP contribution in [0, 0.1) is 16.0 Å². The van der Waals surface area contributed by atoms with Gasteiger partial charge < -0.3 is 4.74 Å². The molecule has 1 rings (SSSR count). The molecule has 0 N–H and O–H groups in total. The second kappa shape index (κ2) is 8.97. The highest BCUT2D eigenvalue weighted by Crippen LogP contribution is 2.14. The molecule has 0 aliphatic rings. The van der Waals surface area contributed by atoms with Crippen molar-refractivity contribution in [3.8, 4) is 0 Å². The Kier molecular flexibility index (Phi) is 7.29. The SMILES string of the molecule is CC(C)=CCCC(C)CCOC(=O)c1ccc([N+](=O)[O-])cc1. The van der Waals surface area contributed by atoms with Gasteiger partial charge in [-0.25, -0.2) is 4.79 Å². The fourth-order valence-corrected chi connectivity index (χ4v) is 1.96. The van der Waals surface area contributed by atoms with Crippen LogP contribution in [0.25, 0.3) is 0 Å². The second-order valence-electron chi connectivity index (χ2n) is 5.69. The molecule has 0 heterocycles. The van der Waals surface area contributed by atoms with Crippen LogP contribution in [-0.2, 0) is 4.74 Å². The highest BCUT2D eigenvalue weighted by molar-refractivity contribution is 5.89. The Hall–Kier alpha value is -2.17. The van der Waals surface area contributed by atoms with Gasteiger partial charge in [0.05, 0.1) is 17.1 Å². The Bertz CT molecular complexity index is 530. The van der Waals surface area contributed by atoms with Crippen LogP contribution in [0.15, 0.2) is 35.9 Å². The first-order valence-corrected chi connectivity index (χ1v) is 7.45. The minimum atomic E-state index is -0.497. The monoisotopic (exact) mass is 305 g/mol. The summed E-state index contributed by atoms with van der Waals surface area (Å²) >= 11 is 0. The molecule has 0 amide bonds. The lowest BCUT2D eigenvalue weighted by atomic mass is 10.0. The van der Waals surface area contributed by atoms with Crippen molar-refractivity contribution in [3.63, 3.8) is 0 Å². The summed E-state index contributed by atoms with van der Waals surface area (Å²) in [6, 6.07) is 5.44. The molecule has 0 fully saturated rings. The van der Waals surface area contributed by atoms with Crippen molar-refractivity contribution in [2.24, 2.45) is 5.92 Å². The number of rotatable bonds is 8. The zero-order chi connectivity index (χ0) is 16.5. The predicted octanol–water partition coefficient (Wildman–Crippen LogP) is 4.52. The maximum Gasteiger partial charge on any atom is 0.338 e. The van der Waals surface area contributed by atoms with Gasteiger partial charge in [0.25, 0.3) is 5.69 Å². The van der Waals surface area contributed by atoms with Crippen LogP contribution >= 0.6 is 0 Å². The molecule has 1 unspecified atom stereocenters. The molecule has 0 bridgehead atoms. The highest BCUT2D eigenvalue weighted by Gasteiger charge is 2.11. The third-order valence-corrected chi connectivity index (χ3v) is 3.37. The van der Waals surface area contributed by atoms with E-state index in [1.54, 1.807) is 0 Å². The number of non-ortho nitro benzene ring substituents is 1. The Morgan fingerprint density at radius 1 is 1.27 bits per heavy atom. The first-order valence-electron chi connectivity index (χ1n) is 7.45. The van der Waals surface area contributed by atoms with Crippen LogP contribution in [0.3, 0.4) is 0 Å². The number of ether oxygens (including phenoxy) is 1. The summed E-state index contributed by atoms with van der Waals surface area (Å²) in [7, 11) is 0. The Morgan fingerprint density at radius 3 is 2.45 bits per heavy atom. The van der Waals surface area contributed by atoms with Crippen LogP contribution in [0.2, 0.25) is 0 Å². The lowest BCUT2D eigenvalue weighted by Gasteiger charge is -2.10. The number of nitro groups is 1. The summed E-state index contributed by atoms with van der Waals surface area (Å²) in [6.45, 7) is 6.66. The van der Waals surface area contributed by atoms with Gasteiger partial charge in [-0.1, -0.05) is 18.6 Å². The van der Waals surface area contributed by atoms with Gasteiger partial charge in [0.15, 0.2) is 0 Å². The maximum atomic E-state index is 11.8. The fraction of sp³-hybridized carbons (Fsp3) is 0.471. The van der Waals surface area contributed by atoms with Crippen LogP contribution in [0.1, 0.15) is 50.4 Å². The number of nitro benzene ring substituents is 1. The van der Waals surface area contributed by atoms with E-state index in [0.29, 0.717) is 18.1 Å². The molecule has 0 aliphatic carbocycles. The molecule has 5 heteroatoms. The van der Waals surface area contributed by atoms with E-state index in [9.17, 15) is 14.9 Å². The second-order valence-corrected chi connectivity index (χ2v) is 5.69. The molecule has 120 valence electrons. The molecule has 0 radical (unpaired) electrons. The van der Waals surface area contributed by atoms with Crippen molar-refractivity contribution < 1.29 is 14.5 Å². The van der Waals surface area contributed by atoms with E-state index < -0.39 is 10.9 Å². The van der Waals surface area contributed by atoms with Gasteiger partial charge in [0.1, 0.15) is 0 Å². The Balaban J connectivity index is 2.33. The van der Waals surface area contributed by atoms with E-state index >= 15 is 0 Å². The lowest BCUT2D eigenvalue weighted by molar-refractivity contribution is -0.384. The molecule has 22 heavy (non-hydrogen) atoms. The van der Waals surface area contributed by atoms with Gasteiger partial charge in [-0.2, -0.15) is 0 Å². The van der Waals surface area contributed by atoms with Gasteiger partial charge in [-0.3, -0.25) is 10.1 Å². The standard InChI is InChI=1S/C17H23NO4/c1-13(2)5-4-6-14(3)11-12-22-17(19)15-7-9-16(10-8-15)18(20)21/h5,7-10,14H,4,6,11-12H2,1-3H3. The number of hydrogen-bond donors (Lipinski definition) is 0. The molecule has 1 aromatic carbocycles. The van der Waals surface area contributed by atoms with Crippen LogP contribution < -0.4 is 0 Å². The lowest BCUT2D eigenvalue weighted by Crippen LogP contribution is -2.09. The molecule has 1 atom stereocenters. The molecule has 0 saturated carbocycles. The zero-order valence-electron chi connectivity index (χ0n) is 13.4.